The molecule has 2 aromatic carbocycles. The maximum Gasteiger partial charge on any atom is 0.239 e. The smallest absolute Gasteiger partial charge is 0.239 e. The number of aliphatic imine (C=N–C) groups is 1. The minimum atomic E-state index is -0.387. The van der Waals surface area contributed by atoms with Gasteiger partial charge in [-0.2, -0.15) is 0 Å². The van der Waals surface area contributed by atoms with Crippen LogP contribution in [0.3, 0.4) is 0 Å². The second-order valence-corrected chi connectivity index (χ2v) is 7.91. The van der Waals surface area contributed by atoms with Gasteiger partial charge in [-0.05, 0) is 42.0 Å². The molecule has 8 nitrogen and oxygen atoms in total. The van der Waals surface area contributed by atoms with E-state index in [0.29, 0.717) is 39.7 Å². The van der Waals surface area contributed by atoms with Crippen molar-refractivity contribution in [2.24, 2.45) is 4.99 Å². The fraction of sp³-hybridized carbons (Fsp3) is 0.304. The Morgan fingerprint density at radius 1 is 0.875 bits per heavy atom. The molecule has 32 heavy (non-hydrogen) atoms. The number of nitrogens with zero attached hydrogens (tertiary/aromatic N) is 2. The summed E-state index contributed by atoms with van der Waals surface area (Å²) in [7, 11) is 7.87. The van der Waals surface area contributed by atoms with E-state index in [2.05, 4.69) is 0 Å². The van der Waals surface area contributed by atoms with Crippen LogP contribution >= 0.6 is 11.8 Å². The highest BCUT2D eigenvalue weighted by molar-refractivity contribution is 8.15. The second-order valence-electron chi connectivity index (χ2n) is 6.97. The van der Waals surface area contributed by atoms with Crippen LogP contribution in [0.25, 0.3) is 5.70 Å². The molecule has 0 radical (unpaired) electrons. The molecule has 2 heterocycles. The van der Waals surface area contributed by atoms with Gasteiger partial charge in [-0.3, -0.25) is 9.69 Å². The topological polar surface area (TPSA) is 78.8 Å². The Hall–Kier alpha value is -3.33. The molecule has 1 atom stereocenters. The molecule has 1 amide bonds. The monoisotopic (exact) mass is 456 g/mol. The van der Waals surface area contributed by atoms with Crippen LogP contribution in [0.2, 0.25) is 0 Å². The number of carbonyl (C=O) groups excluding carboxylic acids is 1. The molecule has 2 aliphatic heterocycles. The summed E-state index contributed by atoms with van der Waals surface area (Å²) in [5, 5.41) is 0.654. The zero-order valence-electron chi connectivity index (χ0n) is 18.5. The summed E-state index contributed by atoms with van der Waals surface area (Å²) in [6, 6.07) is 8.95. The normalized spacial score (nSPS) is 17.3. The van der Waals surface area contributed by atoms with Gasteiger partial charge in [0.2, 0.25) is 11.7 Å². The van der Waals surface area contributed by atoms with Crippen molar-refractivity contribution >= 4 is 28.5 Å². The Morgan fingerprint density at radius 3 is 2.12 bits per heavy atom. The molecule has 0 aromatic heterocycles. The maximum absolute atomic E-state index is 12.7. The van der Waals surface area contributed by atoms with Crippen molar-refractivity contribution < 1.29 is 28.5 Å². The number of thioether (sulfide) groups is 1. The number of benzene rings is 2. The van der Waals surface area contributed by atoms with E-state index in [1.54, 1.807) is 40.4 Å². The van der Waals surface area contributed by atoms with Gasteiger partial charge in [0.25, 0.3) is 0 Å². The lowest BCUT2D eigenvalue weighted by Gasteiger charge is -2.30. The molecular formula is C23H24N2O6S. The Kier molecular flexibility index (Phi) is 6.18. The number of hydrogen-bond acceptors (Lipinski definition) is 8. The minimum Gasteiger partial charge on any atom is -0.493 e. The van der Waals surface area contributed by atoms with Crippen molar-refractivity contribution in [3.63, 3.8) is 0 Å². The minimum absolute atomic E-state index is 0.00452. The van der Waals surface area contributed by atoms with Crippen LogP contribution in [-0.4, -0.2) is 57.3 Å². The van der Waals surface area contributed by atoms with E-state index >= 15 is 0 Å². The van der Waals surface area contributed by atoms with Gasteiger partial charge in [0.1, 0.15) is 0 Å². The van der Waals surface area contributed by atoms with Crippen LogP contribution < -0.4 is 23.7 Å². The Morgan fingerprint density at radius 2 is 1.53 bits per heavy atom. The van der Waals surface area contributed by atoms with Crippen LogP contribution in [0.4, 0.5) is 0 Å². The molecule has 0 saturated carbocycles. The summed E-state index contributed by atoms with van der Waals surface area (Å²) in [6.45, 7) is 0. The number of hydrogen-bond donors (Lipinski definition) is 0. The highest BCUT2D eigenvalue weighted by atomic mass is 32.2. The van der Waals surface area contributed by atoms with Crippen molar-refractivity contribution in [3.8, 4) is 28.7 Å². The fourth-order valence-electron chi connectivity index (χ4n) is 3.77. The lowest BCUT2D eigenvalue weighted by atomic mass is 9.99. The third-order valence-electron chi connectivity index (χ3n) is 5.32. The fourth-order valence-corrected chi connectivity index (χ4v) is 4.68. The quantitative estimate of drug-likeness (QED) is 0.628. The van der Waals surface area contributed by atoms with Crippen molar-refractivity contribution in [3.05, 3.63) is 47.5 Å². The molecule has 0 spiro atoms. The summed E-state index contributed by atoms with van der Waals surface area (Å²) in [6.07, 6.45) is 1.95. The molecule has 168 valence electrons. The van der Waals surface area contributed by atoms with Crippen molar-refractivity contribution in [2.45, 2.75) is 6.04 Å². The Labute approximate surface area is 190 Å². The number of methoxy groups -OCH3 is 5. The number of fused-ring (bicyclic) bond motifs is 1. The molecule has 2 aromatic rings. The summed E-state index contributed by atoms with van der Waals surface area (Å²) in [5.74, 6) is 3.11. The van der Waals surface area contributed by atoms with Gasteiger partial charge in [-0.1, -0.05) is 11.8 Å². The van der Waals surface area contributed by atoms with E-state index in [9.17, 15) is 4.79 Å². The third-order valence-corrected chi connectivity index (χ3v) is 6.25. The number of rotatable bonds is 7. The highest BCUT2D eigenvalue weighted by Crippen LogP contribution is 2.45. The van der Waals surface area contributed by atoms with E-state index in [1.165, 1.54) is 11.8 Å². The van der Waals surface area contributed by atoms with Crippen molar-refractivity contribution in [1.82, 2.24) is 4.90 Å². The molecular weight excluding hydrogens is 432 g/mol. The van der Waals surface area contributed by atoms with Crippen molar-refractivity contribution in [1.29, 1.82) is 0 Å². The first-order chi connectivity index (χ1) is 15.5. The van der Waals surface area contributed by atoms with E-state index in [0.717, 1.165) is 16.8 Å². The third kappa shape index (κ3) is 3.73. The van der Waals surface area contributed by atoms with Gasteiger partial charge < -0.3 is 23.7 Å². The molecule has 0 N–H and O–H groups in total. The lowest BCUT2D eigenvalue weighted by molar-refractivity contribution is -0.125. The predicted molar refractivity (Wildman–Crippen MR) is 123 cm³/mol. The van der Waals surface area contributed by atoms with E-state index in [4.69, 9.17) is 28.7 Å². The molecule has 1 fully saturated rings. The number of carbonyl (C=O) groups is 1. The van der Waals surface area contributed by atoms with Gasteiger partial charge in [0, 0.05) is 5.56 Å². The number of amidine groups is 1. The summed E-state index contributed by atoms with van der Waals surface area (Å²) in [4.78, 5) is 19.2. The molecule has 0 aliphatic carbocycles. The molecule has 1 saturated heterocycles. The van der Waals surface area contributed by atoms with Gasteiger partial charge in [-0.25, -0.2) is 4.99 Å². The van der Waals surface area contributed by atoms with Gasteiger partial charge in [-0.15, -0.1) is 0 Å². The highest BCUT2D eigenvalue weighted by Gasteiger charge is 2.38. The van der Waals surface area contributed by atoms with E-state index in [-0.39, 0.29) is 11.9 Å². The summed E-state index contributed by atoms with van der Waals surface area (Å²) in [5.41, 5.74) is 2.41. The standard InChI is InChI=1S/C23H24N2O6S/c1-27-17-7-6-13(8-18(17)28-2)15-11-16(25-21(26)12-32-23(25)24-15)14-9-19(29-3)22(31-5)20(10-14)30-4/h6-11,16H,12H2,1-5H3. The first kappa shape index (κ1) is 21.9. The number of ether oxygens (including phenoxy) is 5. The van der Waals surface area contributed by atoms with Gasteiger partial charge in [0.15, 0.2) is 28.2 Å². The van der Waals surface area contributed by atoms with Crippen molar-refractivity contribution in [2.75, 3.05) is 41.3 Å². The Bertz CT molecular complexity index is 1090. The van der Waals surface area contributed by atoms with E-state index in [1.807, 2.05) is 36.4 Å². The zero-order chi connectivity index (χ0) is 22.8. The first-order valence-electron chi connectivity index (χ1n) is 9.82. The summed E-state index contributed by atoms with van der Waals surface area (Å²) >= 11 is 1.42. The van der Waals surface area contributed by atoms with E-state index < -0.39 is 0 Å². The van der Waals surface area contributed by atoms with Crippen LogP contribution in [-0.2, 0) is 4.79 Å². The van der Waals surface area contributed by atoms with Gasteiger partial charge >= 0.3 is 0 Å². The molecule has 9 heteroatoms. The van der Waals surface area contributed by atoms with Crippen LogP contribution in [0, 0.1) is 0 Å². The average Bonchev–Trinajstić information content (AvgIpc) is 3.22. The SMILES string of the molecule is COc1ccc(C2=CC(c3cc(OC)c(OC)c(OC)c3)N3C(=O)CSC3=N2)cc1OC. The largest absolute Gasteiger partial charge is 0.493 e. The van der Waals surface area contributed by atoms with Gasteiger partial charge in [0.05, 0.1) is 53.0 Å². The van der Waals surface area contributed by atoms with Crippen LogP contribution in [0.1, 0.15) is 17.2 Å². The predicted octanol–water partition coefficient (Wildman–Crippen LogP) is 3.76. The summed E-state index contributed by atoms with van der Waals surface area (Å²) < 4.78 is 27.3. The second kappa shape index (κ2) is 9.04. The molecule has 1 unspecified atom stereocenters. The zero-order valence-corrected chi connectivity index (χ0v) is 19.3. The van der Waals surface area contributed by atoms with Crippen LogP contribution in [0.15, 0.2) is 41.4 Å². The maximum atomic E-state index is 12.7. The molecule has 0 bridgehead atoms. The Balaban J connectivity index is 1.85. The number of amides is 1. The lowest BCUT2D eigenvalue weighted by Crippen LogP contribution is -2.35. The van der Waals surface area contributed by atoms with Crippen LogP contribution in [0.5, 0.6) is 28.7 Å². The average molecular weight is 457 g/mol. The molecule has 4 rings (SSSR count). The molecule has 2 aliphatic rings. The first-order valence-corrected chi connectivity index (χ1v) is 10.8.